The van der Waals surface area contributed by atoms with E-state index in [4.69, 9.17) is 10.2 Å². The van der Waals surface area contributed by atoms with Crippen LogP contribution in [0, 0.1) is 19.8 Å². The molecule has 0 bridgehead atoms. The van der Waals surface area contributed by atoms with E-state index in [0.717, 1.165) is 12.8 Å². The van der Waals surface area contributed by atoms with Crippen LogP contribution in [-0.2, 0) is 16.6 Å². The molecule has 2 rings (SSSR count). The largest absolute Gasteiger partial charge is 0.465 e. The molecule has 1 atom stereocenters. The molecule has 5 nitrogen and oxygen atoms in total. The van der Waals surface area contributed by atoms with Crippen molar-refractivity contribution in [1.82, 2.24) is 4.31 Å². The predicted octanol–water partition coefficient (Wildman–Crippen LogP) is 1.78. The van der Waals surface area contributed by atoms with E-state index in [1.54, 1.807) is 18.2 Å². The van der Waals surface area contributed by atoms with Crippen LogP contribution < -0.4 is 5.73 Å². The first-order valence-electron chi connectivity index (χ1n) is 6.70. The molecule has 0 saturated carbocycles. The highest BCUT2D eigenvalue weighted by Gasteiger charge is 2.36. The van der Waals surface area contributed by atoms with Crippen LogP contribution >= 0.6 is 0 Å². The van der Waals surface area contributed by atoms with Gasteiger partial charge in [-0.3, -0.25) is 0 Å². The number of nitrogens with two attached hydrogens (primary N) is 1. The Kier molecular flexibility index (Phi) is 4.03. The highest BCUT2D eigenvalue weighted by molar-refractivity contribution is 7.89. The third kappa shape index (κ3) is 2.44. The Morgan fingerprint density at radius 3 is 2.58 bits per heavy atom. The molecule has 1 aromatic heterocycles. The molecule has 0 aliphatic carbocycles. The molecule has 6 heteroatoms. The second-order valence-corrected chi connectivity index (χ2v) is 7.03. The van der Waals surface area contributed by atoms with Gasteiger partial charge < -0.3 is 10.2 Å². The van der Waals surface area contributed by atoms with Gasteiger partial charge in [0.05, 0.1) is 0 Å². The molecule has 0 aromatic carbocycles. The predicted molar refractivity (Wildman–Crippen MR) is 73.2 cm³/mol. The van der Waals surface area contributed by atoms with Crippen LogP contribution in [0.4, 0.5) is 0 Å². The van der Waals surface area contributed by atoms with E-state index in [2.05, 4.69) is 6.92 Å². The van der Waals surface area contributed by atoms with Gasteiger partial charge in [0, 0.05) is 25.2 Å². The number of nitrogens with zero attached hydrogens (tertiary/aromatic N) is 1. The molecule has 2 heterocycles. The Balaban J connectivity index is 2.41. The van der Waals surface area contributed by atoms with Crippen molar-refractivity contribution in [2.75, 3.05) is 13.1 Å². The third-order valence-corrected chi connectivity index (χ3v) is 6.01. The summed E-state index contributed by atoms with van der Waals surface area (Å²) >= 11 is 0. The molecule has 1 fully saturated rings. The maximum Gasteiger partial charge on any atom is 0.246 e. The summed E-state index contributed by atoms with van der Waals surface area (Å²) in [5.41, 5.74) is 6.28. The maximum atomic E-state index is 12.7. The fraction of sp³-hybridized carbons (Fsp3) is 0.692. The van der Waals surface area contributed by atoms with Gasteiger partial charge in [-0.05, 0) is 26.2 Å². The number of sulfonamides is 1. The number of hydrogen-bond acceptors (Lipinski definition) is 4. The van der Waals surface area contributed by atoms with Crippen LogP contribution in [0.1, 0.15) is 36.8 Å². The summed E-state index contributed by atoms with van der Waals surface area (Å²) in [6.07, 6.45) is 1.95. The monoisotopic (exact) mass is 286 g/mol. The molecule has 19 heavy (non-hydrogen) atoms. The van der Waals surface area contributed by atoms with Crippen molar-refractivity contribution in [3.63, 3.8) is 0 Å². The summed E-state index contributed by atoms with van der Waals surface area (Å²) in [7, 11) is -3.47. The van der Waals surface area contributed by atoms with E-state index < -0.39 is 10.0 Å². The van der Waals surface area contributed by atoms with Crippen molar-refractivity contribution in [2.24, 2.45) is 11.7 Å². The van der Waals surface area contributed by atoms with E-state index >= 15 is 0 Å². The first-order chi connectivity index (χ1) is 8.91. The van der Waals surface area contributed by atoms with E-state index in [0.29, 0.717) is 36.1 Å². The Morgan fingerprint density at radius 2 is 2.05 bits per heavy atom. The summed E-state index contributed by atoms with van der Waals surface area (Å²) in [5, 5.41) is 0. The summed E-state index contributed by atoms with van der Waals surface area (Å²) in [6.45, 7) is 6.92. The van der Waals surface area contributed by atoms with Gasteiger partial charge in [-0.15, -0.1) is 0 Å². The quantitative estimate of drug-likeness (QED) is 0.915. The lowest BCUT2D eigenvalue weighted by Crippen LogP contribution is -2.30. The lowest BCUT2D eigenvalue weighted by Gasteiger charge is -2.16. The van der Waals surface area contributed by atoms with E-state index in [1.165, 1.54) is 0 Å². The van der Waals surface area contributed by atoms with Crippen LogP contribution in [0.3, 0.4) is 0 Å². The van der Waals surface area contributed by atoms with Gasteiger partial charge in [0.25, 0.3) is 0 Å². The number of aryl methyl sites for hydroxylation is 2. The first-order valence-corrected chi connectivity index (χ1v) is 8.14. The van der Waals surface area contributed by atoms with Crippen molar-refractivity contribution >= 4 is 10.0 Å². The lowest BCUT2D eigenvalue weighted by atomic mass is 10.1. The van der Waals surface area contributed by atoms with Crippen molar-refractivity contribution < 1.29 is 12.8 Å². The zero-order valence-electron chi connectivity index (χ0n) is 11.8. The van der Waals surface area contributed by atoms with Crippen molar-refractivity contribution in [3.8, 4) is 0 Å². The van der Waals surface area contributed by atoms with Crippen LogP contribution in [0.5, 0.6) is 0 Å². The summed E-state index contributed by atoms with van der Waals surface area (Å²) < 4.78 is 32.5. The molecule has 0 amide bonds. The van der Waals surface area contributed by atoms with Crippen LogP contribution in [0.15, 0.2) is 9.31 Å². The van der Waals surface area contributed by atoms with Crippen molar-refractivity contribution in [2.45, 2.75) is 45.1 Å². The Hall–Kier alpha value is -0.850. The van der Waals surface area contributed by atoms with Crippen LogP contribution in [-0.4, -0.2) is 25.8 Å². The Bertz CT molecular complexity index is 563. The highest BCUT2D eigenvalue weighted by Crippen LogP contribution is 2.32. The standard InChI is InChI=1S/C13H22N2O3S/c1-4-11-5-6-15(8-11)19(16,17)13-10(3)18-9(2)12(13)7-14/h11H,4-8,14H2,1-3H3. The number of rotatable bonds is 4. The molecule has 1 aliphatic heterocycles. The van der Waals surface area contributed by atoms with Gasteiger partial charge >= 0.3 is 0 Å². The zero-order valence-corrected chi connectivity index (χ0v) is 12.6. The summed E-state index contributed by atoms with van der Waals surface area (Å²) in [5.74, 6) is 1.51. The molecule has 1 aliphatic rings. The lowest BCUT2D eigenvalue weighted by molar-refractivity contribution is 0.448. The van der Waals surface area contributed by atoms with Crippen LogP contribution in [0.25, 0.3) is 0 Å². The van der Waals surface area contributed by atoms with E-state index in [9.17, 15) is 8.42 Å². The summed E-state index contributed by atoms with van der Waals surface area (Å²) in [6, 6.07) is 0. The average Bonchev–Trinajstić information content (AvgIpc) is 2.93. The average molecular weight is 286 g/mol. The zero-order chi connectivity index (χ0) is 14.2. The van der Waals surface area contributed by atoms with Crippen molar-refractivity contribution in [1.29, 1.82) is 0 Å². The third-order valence-electron chi connectivity index (χ3n) is 3.95. The van der Waals surface area contributed by atoms with Gasteiger partial charge in [-0.2, -0.15) is 4.31 Å². The maximum absolute atomic E-state index is 12.7. The minimum Gasteiger partial charge on any atom is -0.465 e. The fourth-order valence-electron chi connectivity index (χ4n) is 2.76. The second-order valence-electron chi connectivity index (χ2n) is 5.15. The molecule has 108 valence electrons. The smallest absolute Gasteiger partial charge is 0.246 e. The molecular weight excluding hydrogens is 264 g/mol. The van der Waals surface area contributed by atoms with Gasteiger partial charge in [-0.25, -0.2) is 8.42 Å². The highest BCUT2D eigenvalue weighted by atomic mass is 32.2. The number of hydrogen-bond donors (Lipinski definition) is 1. The fourth-order valence-corrected chi connectivity index (χ4v) is 4.72. The topological polar surface area (TPSA) is 76.5 Å². The molecule has 0 spiro atoms. The molecule has 2 N–H and O–H groups in total. The normalized spacial score (nSPS) is 21.2. The molecule has 1 saturated heterocycles. The Morgan fingerprint density at radius 1 is 1.37 bits per heavy atom. The summed E-state index contributed by atoms with van der Waals surface area (Å²) in [4.78, 5) is 0.282. The molecular formula is C13H22N2O3S. The van der Waals surface area contributed by atoms with Crippen molar-refractivity contribution in [3.05, 3.63) is 17.1 Å². The SMILES string of the molecule is CCC1CCN(S(=O)(=O)c2c(C)oc(C)c2CN)C1. The van der Waals surface area contributed by atoms with Gasteiger partial charge in [0.1, 0.15) is 16.4 Å². The number of furan rings is 1. The minimum atomic E-state index is -3.47. The van der Waals surface area contributed by atoms with Crippen LogP contribution in [0.2, 0.25) is 0 Å². The Labute approximate surface area is 114 Å². The van der Waals surface area contributed by atoms with Gasteiger partial charge in [0.15, 0.2) is 0 Å². The first kappa shape index (κ1) is 14.6. The molecule has 0 radical (unpaired) electrons. The minimum absolute atomic E-state index is 0.183. The van der Waals surface area contributed by atoms with E-state index in [1.807, 2.05) is 0 Å². The molecule has 1 unspecified atom stereocenters. The second kappa shape index (κ2) is 5.26. The van der Waals surface area contributed by atoms with E-state index in [-0.39, 0.29) is 11.4 Å². The van der Waals surface area contributed by atoms with Gasteiger partial charge in [0.2, 0.25) is 10.0 Å². The molecule has 1 aromatic rings. The van der Waals surface area contributed by atoms with Gasteiger partial charge in [-0.1, -0.05) is 13.3 Å².